The third kappa shape index (κ3) is 4.76. The molecule has 2 aromatic heterocycles. The molecule has 0 aliphatic heterocycles. The molecule has 0 atom stereocenters. The quantitative estimate of drug-likeness (QED) is 0.268. The summed E-state index contributed by atoms with van der Waals surface area (Å²) in [6.45, 7) is 0. The Morgan fingerprint density at radius 1 is 0.933 bits per heavy atom. The zero-order chi connectivity index (χ0) is 20.9. The monoisotopic (exact) mass is 433 g/mol. The number of allylic oxidation sites excluding steroid dienone is 1. The minimum absolute atomic E-state index is 0.157. The van der Waals surface area contributed by atoms with Gasteiger partial charge in [0.15, 0.2) is 5.78 Å². The summed E-state index contributed by atoms with van der Waals surface area (Å²) in [4.78, 5) is 25.1. The molecule has 0 aliphatic carbocycles. The fourth-order valence-electron chi connectivity index (χ4n) is 2.78. The standard InChI is InChI=1S/C24H16ClNO3S/c25-18-7-3-17(4-8-18)22-14-12-20(29-22)11-13-21(27)16-5-9-19(10-6-16)26-24(28)23-2-1-15-30-23/h1-15H,(H,26,28)/b13-11+. The van der Waals surface area contributed by atoms with Crippen LogP contribution in [0.25, 0.3) is 17.4 Å². The van der Waals surface area contributed by atoms with Crippen LogP contribution in [-0.2, 0) is 0 Å². The van der Waals surface area contributed by atoms with Crippen molar-refractivity contribution in [1.29, 1.82) is 0 Å². The maximum absolute atomic E-state index is 12.4. The van der Waals surface area contributed by atoms with E-state index in [0.29, 0.717) is 32.7 Å². The molecule has 0 unspecified atom stereocenters. The normalized spacial score (nSPS) is 11.0. The summed E-state index contributed by atoms with van der Waals surface area (Å²) in [5.41, 5.74) is 2.06. The van der Waals surface area contributed by atoms with Gasteiger partial charge >= 0.3 is 0 Å². The third-order valence-electron chi connectivity index (χ3n) is 4.33. The van der Waals surface area contributed by atoms with Gasteiger partial charge in [0, 0.05) is 21.8 Å². The number of carbonyl (C=O) groups is 2. The van der Waals surface area contributed by atoms with Crippen LogP contribution >= 0.6 is 22.9 Å². The summed E-state index contributed by atoms with van der Waals surface area (Å²) in [6, 6.07) is 21.3. The predicted octanol–water partition coefficient (Wildman–Crippen LogP) is 6.81. The molecule has 4 aromatic rings. The van der Waals surface area contributed by atoms with Crippen molar-refractivity contribution in [3.8, 4) is 11.3 Å². The van der Waals surface area contributed by atoms with Crippen LogP contribution in [0.5, 0.6) is 0 Å². The van der Waals surface area contributed by atoms with Crippen LogP contribution in [0.4, 0.5) is 5.69 Å². The first-order valence-corrected chi connectivity index (χ1v) is 10.4. The zero-order valence-corrected chi connectivity index (χ0v) is 17.2. The van der Waals surface area contributed by atoms with Gasteiger partial charge in [0.1, 0.15) is 11.5 Å². The molecule has 1 N–H and O–H groups in total. The van der Waals surface area contributed by atoms with E-state index in [2.05, 4.69) is 5.32 Å². The minimum Gasteiger partial charge on any atom is -0.457 e. The highest BCUT2D eigenvalue weighted by atomic mass is 35.5. The summed E-state index contributed by atoms with van der Waals surface area (Å²) in [6.07, 6.45) is 3.10. The molecule has 0 bridgehead atoms. The van der Waals surface area contributed by atoms with E-state index >= 15 is 0 Å². The first-order valence-electron chi connectivity index (χ1n) is 9.11. The van der Waals surface area contributed by atoms with Crippen molar-refractivity contribution in [2.45, 2.75) is 0 Å². The van der Waals surface area contributed by atoms with Crippen molar-refractivity contribution in [2.75, 3.05) is 5.32 Å². The highest BCUT2D eigenvalue weighted by molar-refractivity contribution is 7.12. The van der Waals surface area contributed by atoms with E-state index < -0.39 is 0 Å². The Bertz CT molecular complexity index is 1190. The molecule has 1 amide bonds. The van der Waals surface area contributed by atoms with Crippen LogP contribution in [0.3, 0.4) is 0 Å². The van der Waals surface area contributed by atoms with Gasteiger partial charge in [-0.3, -0.25) is 9.59 Å². The number of furan rings is 1. The molecule has 4 nitrogen and oxygen atoms in total. The van der Waals surface area contributed by atoms with E-state index in [1.54, 1.807) is 54.6 Å². The van der Waals surface area contributed by atoms with Crippen molar-refractivity contribution >= 4 is 46.4 Å². The zero-order valence-electron chi connectivity index (χ0n) is 15.7. The molecule has 2 heterocycles. The molecule has 0 saturated carbocycles. The lowest BCUT2D eigenvalue weighted by molar-refractivity contribution is 0.102. The number of hydrogen-bond acceptors (Lipinski definition) is 4. The van der Waals surface area contributed by atoms with E-state index in [-0.39, 0.29) is 11.7 Å². The Labute approximate surface area is 182 Å². The van der Waals surface area contributed by atoms with Crippen molar-refractivity contribution in [3.63, 3.8) is 0 Å². The molecule has 0 spiro atoms. The van der Waals surface area contributed by atoms with Crippen molar-refractivity contribution < 1.29 is 14.0 Å². The second-order valence-electron chi connectivity index (χ2n) is 6.42. The van der Waals surface area contributed by atoms with E-state index in [1.807, 2.05) is 29.6 Å². The first-order chi connectivity index (χ1) is 14.6. The number of ketones is 1. The smallest absolute Gasteiger partial charge is 0.265 e. The topological polar surface area (TPSA) is 59.3 Å². The number of halogens is 1. The fraction of sp³-hybridized carbons (Fsp3) is 0. The molecule has 6 heteroatoms. The number of rotatable bonds is 6. The predicted molar refractivity (Wildman–Crippen MR) is 121 cm³/mol. The Morgan fingerprint density at radius 2 is 1.70 bits per heavy atom. The van der Waals surface area contributed by atoms with E-state index in [0.717, 1.165) is 5.56 Å². The molecule has 148 valence electrons. The molecule has 0 fully saturated rings. The number of hydrogen-bond donors (Lipinski definition) is 1. The van der Waals surface area contributed by atoms with Gasteiger partial charge in [-0.1, -0.05) is 17.7 Å². The number of amides is 1. The highest BCUT2D eigenvalue weighted by Gasteiger charge is 2.08. The van der Waals surface area contributed by atoms with Crippen LogP contribution in [0, 0.1) is 0 Å². The lowest BCUT2D eigenvalue weighted by Gasteiger charge is -2.04. The summed E-state index contributed by atoms with van der Waals surface area (Å²) >= 11 is 7.28. The van der Waals surface area contributed by atoms with Crippen LogP contribution in [0.1, 0.15) is 25.8 Å². The summed E-state index contributed by atoms with van der Waals surface area (Å²) < 4.78 is 5.77. The van der Waals surface area contributed by atoms with Gasteiger partial charge in [0.2, 0.25) is 0 Å². The number of anilines is 1. The van der Waals surface area contributed by atoms with Crippen molar-refractivity contribution in [3.05, 3.63) is 105 Å². The van der Waals surface area contributed by atoms with E-state index in [9.17, 15) is 9.59 Å². The largest absolute Gasteiger partial charge is 0.457 e. The van der Waals surface area contributed by atoms with Gasteiger partial charge in [-0.25, -0.2) is 0 Å². The molecular weight excluding hydrogens is 418 g/mol. The van der Waals surface area contributed by atoms with Crippen LogP contribution in [0.15, 0.2) is 88.7 Å². The van der Waals surface area contributed by atoms with Crippen LogP contribution in [-0.4, -0.2) is 11.7 Å². The maximum Gasteiger partial charge on any atom is 0.265 e. The Morgan fingerprint density at radius 3 is 2.40 bits per heavy atom. The second-order valence-corrected chi connectivity index (χ2v) is 7.80. The lowest BCUT2D eigenvalue weighted by atomic mass is 10.1. The summed E-state index contributed by atoms with van der Waals surface area (Å²) in [5.74, 6) is 0.951. The van der Waals surface area contributed by atoms with Gasteiger partial charge in [0.25, 0.3) is 5.91 Å². The summed E-state index contributed by atoms with van der Waals surface area (Å²) in [7, 11) is 0. The first kappa shape index (κ1) is 19.9. The summed E-state index contributed by atoms with van der Waals surface area (Å²) in [5, 5.41) is 5.32. The minimum atomic E-state index is -0.168. The SMILES string of the molecule is O=C(/C=C/c1ccc(-c2ccc(Cl)cc2)o1)c1ccc(NC(=O)c2cccs2)cc1. The molecule has 0 radical (unpaired) electrons. The van der Waals surface area contributed by atoms with E-state index in [4.69, 9.17) is 16.0 Å². The number of nitrogens with one attached hydrogen (secondary N) is 1. The highest BCUT2D eigenvalue weighted by Crippen LogP contribution is 2.24. The van der Waals surface area contributed by atoms with Crippen LogP contribution in [0.2, 0.25) is 5.02 Å². The molecular formula is C24H16ClNO3S. The molecule has 2 aromatic carbocycles. The fourth-order valence-corrected chi connectivity index (χ4v) is 3.53. The number of carbonyl (C=O) groups excluding carboxylic acids is 2. The van der Waals surface area contributed by atoms with Crippen molar-refractivity contribution in [2.24, 2.45) is 0 Å². The molecule has 0 aliphatic rings. The average Bonchev–Trinajstić information content (AvgIpc) is 3.45. The molecule has 30 heavy (non-hydrogen) atoms. The Hall–Kier alpha value is -3.41. The van der Waals surface area contributed by atoms with Crippen LogP contribution < -0.4 is 5.32 Å². The van der Waals surface area contributed by atoms with Gasteiger partial charge in [0.05, 0.1) is 4.88 Å². The van der Waals surface area contributed by atoms with Crippen molar-refractivity contribution in [1.82, 2.24) is 0 Å². The number of benzene rings is 2. The Balaban J connectivity index is 1.39. The van der Waals surface area contributed by atoms with Gasteiger partial charge in [-0.05, 0) is 84.3 Å². The lowest BCUT2D eigenvalue weighted by Crippen LogP contribution is -2.10. The molecule has 0 saturated heterocycles. The van der Waals surface area contributed by atoms with Gasteiger partial charge in [-0.15, -0.1) is 11.3 Å². The van der Waals surface area contributed by atoms with E-state index in [1.165, 1.54) is 17.4 Å². The Kier molecular flexibility index (Phi) is 5.93. The molecule has 4 rings (SSSR count). The third-order valence-corrected chi connectivity index (χ3v) is 5.45. The maximum atomic E-state index is 12.4. The van der Waals surface area contributed by atoms with Gasteiger partial charge in [-0.2, -0.15) is 0 Å². The van der Waals surface area contributed by atoms with Gasteiger partial charge < -0.3 is 9.73 Å². The second kappa shape index (κ2) is 8.95. The number of thiophene rings is 1. The average molecular weight is 434 g/mol.